The summed E-state index contributed by atoms with van der Waals surface area (Å²) in [5.74, 6) is -0.528. The molecule has 1 fully saturated rings. The molecule has 0 saturated carbocycles. The van der Waals surface area contributed by atoms with Crippen LogP contribution in [0.15, 0.2) is 18.2 Å². The van der Waals surface area contributed by atoms with Crippen molar-refractivity contribution < 1.29 is 13.5 Å². The molecule has 2 nitrogen and oxygen atoms in total. The Balaban J connectivity index is 1.88. The molecule has 0 amide bonds. The smallest absolute Gasteiger partial charge is 0.130 e. The zero-order valence-corrected chi connectivity index (χ0v) is 11.5. The van der Waals surface area contributed by atoms with E-state index < -0.39 is 11.6 Å². The summed E-state index contributed by atoms with van der Waals surface area (Å²) < 4.78 is 32.0. The van der Waals surface area contributed by atoms with E-state index in [0.29, 0.717) is 24.1 Å². The number of halogens is 2. The maximum absolute atomic E-state index is 13.5. The van der Waals surface area contributed by atoms with Crippen molar-refractivity contribution >= 4 is 0 Å². The number of ether oxygens (including phenoxy) is 1. The SMILES string of the molecule is CC(C)C1CC(NCc2ccc(F)cc2F)CCO1. The third kappa shape index (κ3) is 3.98. The first-order valence-corrected chi connectivity index (χ1v) is 6.85. The number of hydrogen-bond donors (Lipinski definition) is 1. The zero-order valence-electron chi connectivity index (χ0n) is 11.5. The average molecular weight is 269 g/mol. The minimum atomic E-state index is -0.535. The highest BCUT2D eigenvalue weighted by molar-refractivity contribution is 5.18. The van der Waals surface area contributed by atoms with Crippen LogP contribution in [0.3, 0.4) is 0 Å². The molecular formula is C15H21F2NO. The highest BCUT2D eigenvalue weighted by Gasteiger charge is 2.24. The molecule has 0 aliphatic carbocycles. The Kier molecular flexibility index (Phi) is 4.88. The van der Waals surface area contributed by atoms with E-state index in [2.05, 4.69) is 19.2 Å². The molecule has 1 heterocycles. The second-order valence-corrected chi connectivity index (χ2v) is 5.49. The van der Waals surface area contributed by atoms with Gasteiger partial charge in [0.2, 0.25) is 0 Å². The van der Waals surface area contributed by atoms with E-state index in [-0.39, 0.29) is 6.10 Å². The van der Waals surface area contributed by atoms with Crippen LogP contribution in [0.4, 0.5) is 8.78 Å². The van der Waals surface area contributed by atoms with E-state index in [1.165, 1.54) is 12.1 Å². The van der Waals surface area contributed by atoms with Gasteiger partial charge in [0.25, 0.3) is 0 Å². The summed E-state index contributed by atoms with van der Waals surface area (Å²) in [7, 11) is 0. The van der Waals surface area contributed by atoms with Crippen LogP contribution in [0.5, 0.6) is 0 Å². The quantitative estimate of drug-likeness (QED) is 0.906. The molecule has 1 N–H and O–H groups in total. The Labute approximate surface area is 113 Å². The van der Waals surface area contributed by atoms with Crippen LogP contribution in [-0.2, 0) is 11.3 Å². The highest BCUT2D eigenvalue weighted by Crippen LogP contribution is 2.20. The normalized spacial score (nSPS) is 23.8. The van der Waals surface area contributed by atoms with Crippen LogP contribution in [0.2, 0.25) is 0 Å². The Hall–Kier alpha value is -1.00. The fourth-order valence-corrected chi connectivity index (χ4v) is 2.40. The lowest BCUT2D eigenvalue weighted by Gasteiger charge is -2.32. The van der Waals surface area contributed by atoms with Gasteiger partial charge in [0, 0.05) is 30.8 Å². The number of nitrogens with one attached hydrogen (secondary N) is 1. The topological polar surface area (TPSA) is 21.3 Å². The van der Waals surface area contributed by atoms with Crippen molar-refractivity contribution in [3.8, 4) is 0 Å². The van der Waals surface area contributed by atoms with Gasteiger partial charge in [-0.1, -0.05) is 19.9 Å². The Morgan fingerprint density at radius 1 is 1.37 bits per heavy atom. The minimum absolute atomic E-state index is 0.268. The fourth-order valence-electron chi connectivity index (χ4n) is 2.40. The summed E-state index contributed by atoms with van der Waals surface area (Å²) in [6.45, 7) is 5.47. The van der Waals surface area contributed by atoms with Crippen molar-refractivity contribution in [2.75, 3.05) is 6.61 Å². The largest absolute Gasteiger partial charge is 0.378 e. The molecule has 1 saturated heterocycles. The predicted octanol–water partition coefficient (Wildman–Crippen LogP) is 3.26. The summed E-state index contributed by atoms with van der Waals surface area (Å²) in [4.78, 5) is 0. The van der Waals surface area contributed by atoms with Gasteiger partial charge in [0.05, 0.1) is 6.10 Å². The van der Waals surface area contributed by atoms with Gasteiger partial charge in [0.15, 0.2) is 0 Å². The van der Waals surface area contributed by atoms with Crippen molar-refractivity contribution in [1.29, 1.82) is 0 Å². The molecule has 106 valence electrons. The average Bonchev–Trinajstić information content (AvgIpc) is 2.38. The van der Waals surface area contributed by atoms with Crippen LogP contribution >= 0.6 is 0 Å². The van der Waals surface area contributed by atoms with Gasteiger partial charge in [-0.2, -0.15) is 0 Å². The lowest BCUT2D eigenvalue weighted by molar-refractivity contribution is -0.0246. The zero-order chi connectivity index (χ0) is 13.8. The van der Waals surface area contributed by atoms with Gasteiger partial charge >= 0.3 is 0 Å². The second-order valence-electron chi connectivity index (χ2n) is 5.49. The van der Waals surface area contributed by atoms with Crippen LogP contribution < -0.4 is 5.32 Å². The van der Waals surface area contributed by atoms with Gasteiger partial charge in [-0.05, 0) is 24.8 Å². The van der Waals surface area contributed by atoms with Crippen molar-refractivity contribution in [3.05, 3.63) is 35.4 Å². The summed E-state index contributed by atoms with van der Waals surface area (Å²) in [5, 5.41) is 3.34. The Morgan fingerprint density at radius 2 is 2.16 bits per heavy atom. The molecular weight excluding hydrogens is 248 g/mol. The van der Waals surface area contributed by atoms with Gasteiger partial charge in [0.1, 0.15) is 11.6 Å². The van der Waals surface area contributed by atoms with Crippen LogP contribution in [0, 0.1) is 17.6 Å². The van der Waals surface area contributed by atoms with Crippen LogP contribution in [-0.4, -0.2) is 18.8 Å². The van der Waals surface area contributed by atoms with Gasteiger partial charge < -0.3 is 10.1 Å². The number of hydrogen-bond acceptors (Lipinski definition) is 2. The molecule has 1 aliphatic heterocycles. The molecule has 0 aromatic heterocycles. The molecule has 1 aromatic rings. The molecule has 0 radical (unpaired) electrons. The second kappa shape index (κ2) is 6.44. The highest BCUT2D eigenvalue weighted by atomic mass is 19.1. The number of rotatable bonds is 4. The van der Waals surface area contributed by atoms with Gasteiger partial charge in [-0.25, -0.2) is 8.78 Å². The molecule has 0 bridgehead atoms. The molecule has 0 spiro atoms. The predicted molar refractivity (Wildman–Crippen MR) is 70.8 cm³/mol. The fraction of sp³-hybridized carbons (Fsp3) is 0.600. The van der Waals surface area contributed by atoms with E-state index in [4.69, 9.17) is 4.74 Å². The monoisotopic (exact) mass is 269 g/mol. The van der Waals surface area contributed by atoms with E-state index in [1.54, 1.807) is 0 Å². The minimum Gasteiger partial charge on any atom is -0.378 e. The third-order valence-electron chi connectivity index (χ3n) is 3.65. The standard InChI is InChI=1S/C15H21F2NO/c1-10(2)15-8-13(5-6-19-15)18-9-11-3-4-12(16)7-14(11)17/h3-4,7,10,13,15,18H,5-6,8-9H2,1-2H3. The first kappa shape index (κ1) is 14.4. The van der Waals surface area contributed by atoms with E-state index in [9.17, 15) is 8.78 Å². The maximum Gasteiger partial charge on any atom is 0.130 e. The molecule has 1 aliphatic rings. The molecule has 2 rings (SSSR count). The van der Waals surface area contributed by atoms with Crippen molar-refractivity contribution in [1.82, 2.24) is 5.32 Å². The lowest BCUT2D eigenvalue weighted by Crippen LogP contribution is -2.40. The van der Waals surface area contributed by atoms with Gasteiger partial charge in [-0.3, -0.25) is 0 Å². The lowest BCUT2D eigenvalue weighted by atomic mass is 9.95. The van der Waals surface area contributed by atoms with Crippen LogP contribution in [0.25, 0.3) is 0 Å². The molecule has 4 heteroatoms. The van der Waals surface area contributed by atoms with E-state index >= 15 is 0 Å². The van der Waals surface area contributed by atoms with Gasteiger partial charge in [-0.15, -0.1) is 0 Å². The summed E-state index contributed by atoms with van der Waals surface area (Å²) in [5.41, 5.74) is 0.508. The molecule has 19 heavy (non-hydrogen) atoms. The van der Waals surface area contributed by atoms with Crippen molar-refractivity contribution in [3.63, 3.8) is 0 Å². The molecule has 1 aromatic carbocycles. The first-order chi connectivity index (χ1) is 9.06. The Bertz CT molecular complexity index is 423. The van der Waals surface area contributed by atoms with E-state index in [1.807, 2.05) is 0 Å². The third-order valence-corrected chi connectivity index (χ3v) is 3.65. The van der Waals surface area contributed by atoms with Crippen LogP contribution in [0.1, 0.15) is 32.3 Å². The van der Waals surface area contributed by atoms with E-state index in [0.717, 1.165) is 25.5 Å². The molecule has 2 atom stereocenters. The maximum atomic E-state index is 13.5. The summed E-state index contributed by atoms with van der Waals surface area (Å²) in [6, 6.07) is 4.06. The Morgan fingerprint density at radius 3 is 2.84 bits per heavy atom. The summed E-state index contributed by atoms with van der Waals surface area (Å²) >= 11 is 0. The van der Waals surface area contributed by atoms with Crippen molar-refractivity contribution in [2.45, 2.75) is 45.4 Å². The number of benzene rings is 1. The molecule has 2 unspecified atom stereocenters. The first-order valence-electron chi connectivity index (χ1n) is 6.85. The summed E-state index contributed by atoms with van der Waals surface area (Å²) in [6.07, 6.45) is 2.15. The van der Waals surface area contributed by atoms with Crippen molar-refractivity contribution in [2.24, 2.45) is 5.92 Å².